The van der Waals surface area contributed by atoms with Crippen molar-refractivity contribution in [1.29, 1.82) is 0 Å². The summed E-state index contributed by atoms with van der Waals surface area (Å²) in [5.41, 5.74) is 1.11. The smallest absolute Gasteiger partial charge is 0.270 e. The molecule has 1 aromatic carbocycles. The number of benzene rings is 1. The van der Waals surface area contributed by atoms with Crippen molar-refractivity contribution >= 4 is 23.6 Å². The average Bonchev–Trinajstić information content (AvgIpc) is 2.79. The van der Waals surface area contributed by atoms with Crippen molar-refractivity contribution in [2.24, 2.45) is 0 Å². The van der Waals surface area contributed by atoms with Crippen LogP contribution in [0.2, 0.25) is 5.02 Å². The van der Waals surface area contributed by atoms with Gasteiger partial charge in [0.25, 0.3) is 5.69 Å². The van der Waals surface area contributed by atoms with Crippen molar-refractivity contribution in [2.45, 2.75) is 6.54 Å². The summed E-state index contributed by atoms with van der Waals surface area (Å²) >= 11 is 5.95. The van der Waals surface area contributed by atoms with E-state index in [1.807, 2.05) is 0 Å². The predicted octanol–water partition coefficient (Wildman–Crippen LogP) is 2.31. The zero-order valence-corrected chi connectivity index (χ0v) is 9.87. The summed E-state index contributed by atoms with van der Waals surface area (Å²) in [4.78, 5) is 20.6. The first-order valence-corrected chi connectivity index (χ1v) is 5.38. The molecule has 18 heavy (non-hydrogen) atoms. The van der Waals surface area contributed by atoms with Crippen LogP contribution in [0.3, 0.4) is 0 Å². The highest BCUT2D eigenvalue weighted by atomic mass is 35.5. The largest absolute Gasteiger partial charge is 0.298 e. The van der Waals surface area contributed by atoms with Crippen molar-refractivity contribution in [3.63, 3.8) is 0 Å². The Kier molecular flexibility index (Phi) is 3.38. The van der Waals surface area contributed by atoms with E-state index in [9.17, 15) is 14.9 Å². The van der Waals surface area contributed by atoms with Gasteiger partial charge in [-0.15, -0.1) is 0 Å². The van der Waals surface area contributed by atoms with Crippen LogP contribution in [0.5, 0.6) is 0 Å². The molecule has 0 fully saturated rings. The molecule has 0 atom stereocenters. The summed E-state index contributed by atoms with van der Waals surface area (Å²) < 4.78 is 1.54. The summed E-state index contributed by atoms with van der Waals surface area (Å²) in [5.74, 6) is 0. The first-order valence-electron chi connectivity index (χ1n) is 5.00. The Bertz CT molecular complexity index is 609. The fraction of sp³-hybridized carbons (Fsp3) is 0.0909. The Morgan fingerprint density at radius 1 is 1.50 bits per heavy atom. The van der Waals surface area contributed by atoms with Gasteiger partial charge in [-0.3, -0.25) is 19.6 Å². The van der Waals surface area contributed by atoms with Crippen LogP contribution in [0.1, 0.15) is 15.9 Å². The molecule has 0 amide bonds. The highest BCUT2D eigenvalue weighted by Gasteiger charge is 2.10. The highest BCUT2D eigenvalue weighted by molar-refractivity contribution is 6.31. The number of nitro groups is 1. The van der Waals surface area contributed by atoms with E-state index in [0.717, 1.165) is 0 Å². The molecule has 1 heterocycles. The molecule has 1 aromatic heterocycles. The lowest BCUT2D eigenvalue weighted by molar-refractivity contribution is -0.384. The number of hydrogen-bond donors (Lipinski definition) is 0. The molecule has 0 radical (unpaired) electrons. The third-order valence-corrected chi connectivity index (χ3v) is 2.72. The number of nitro benzene ring substituents is 1. The number of aldehydes is 1. The third-order valence-electron chi connectivity index (χ3n) is 2.37. The minimum absolute atomic E-state index is 0.0576. The van der Waals surface area contributed by atoms with Gasteiger partial charge >= 0.3 is 0 Å². The zero-order valence-electron chi connectivity index (χ0n) is 9.12. The SMILES string of the molecule is O=Cc1cnn(Cc2ccc([N+](=O)[O-])cc2Cl)c1. The van der Waals surface area contributed by atoms with E-state index in [2.05, 4.69) is 5.10 Å². The Morgan fingerprint density at radius 3 is 2.83 bits per heavy atom. The van der Waals surface area contributed by atoms with E-state index in [1.54, 1.807) is 12.3 Å². The number of rotatable bonds is 4. The van der Waals surface area contributed by atoms with Crippen LogP contribution < -0.4 is 0 Å². The van der Waals surface area contributed by atoms with Crippen molar-refractivity contribution in [1.82, 2.24) is 9.78 Å². The van der Waals surface area contributed by atoms with Crippen LogP contribution in [0.4, 0.5) is 5.69 Å². The standard InChI is InChI=1S/C11H8ClN3O3/c12-11-3-10(15(17)18)2-1-9(11)6-14-5-8(7-16)4-13-14/h1-5,7H,6H2. The fourth-order valence-corrected chi connectivity index (χ4v) is 1.71. The van der Waals surface area contributed by atoms with Gasteiger partial charge in [-0.05, 0) is 11.6 Å². The van der Waals surface area contributed by atoms with Gasteiger partial charge in [0, 0.05) is 18.3 Å². The Hall–Kier alpha value is -2.21. The molecule has 6 nitrogen and oxygen atoms in total. The number of hydrogen-bond acceptors (Lipinski definition) is 4. The molecule has 0 aliphatic rings. The van der Waals surface area contributed by atoms with E-state index in [4.69, 9.17) is 11.6 Å². The minimum atomic E-state index is -0.506. The lowest BCUT2D eigenvalue weighted by atomic mass is 10.2. The summed E-state index contributed by atoms with van der Waals surface area (Å²) in [5, 5.41) is 14.8. The fourth-order valence-electron chi connectivity index (χ4n) is 1.48. The molecule has 92 valence electrons. The van der Waals surface area contributed by atoms with E-state index in [0.29, 0.717) is 29.0 Å². The van der Waals surface area contributed by atoms with Crippen LogP contribution in [0, 0.1) is 10.1 Å². The summed E-state index contributed by atoms with van der Waals surface area (Å²) in [6.07, 6.45) is 3.71. The van der Waals surface area contributed by atoms with Crippen molar-refractivity contribution in [2.75, 3.05) is 0 Å². The molecular weight excluding hydrogens is 258 g/mol. The topological polar surface area (TPSA) is 78.0 Å². The zero-order chi connectivity index (χ0) is 13.1. The van der Waals surface area contributed by atoms with Gasteiger partial charge in [0.05, 0.1) is 28.3 Å². The maximum atomic E-state index is 10.6. The van der Waals surface area contributed by atoms with Gasteiger partial charge in [0.2, 0.25) is 0 Å². The molecule has 0 spiro atoms. The molecule has 0 saturated heterocycles. The predicted molar refractivity (Wildman–Crippen MR) is 64.8 cm³/mol. The molecule has 2 aromatic rings. The van der Waals surface area contributed by atoms with Crippen molar-refractivity contribution < 1.29 is 9.72 Å². The van der Waals surface area contributed by atoms with Gasteiger partial charge in [0.1, 0.15) is 0 Å². The highest BCUT2D eigenvalue weighted by Crippen LogP contribution is 2.23. The number of carbonyl (C=O) groups excluding carboxylic acids is 1. The molecule has 2 rings (SSSR count). The molecular formula is C11H8ClN3O3. The quantitative estimate of drug-likeness (QED) is 0.483. The van der Waals surface area contributed by atoms with Gasteiger partial charge in [-0.2, -0.15) is 5.10 Å². The summed E-state index contributed by atoms with van der Waals surface area (Å²) in [6, 6.07) is 4.25. The van der Waals surface area contributed by atoms with E-state index < -0.39 is 4.92 Å². The first-order chi connectivity index (χ1) is 8.60. The lowest BCUT2D eigenvalue weighted by Gasteiger charge is -2.04. The van der Waals surface area contributed by atoms with Gasteiger partial charge in [0.15, 0.2) is 6.29 Å². The third kappa shape index (κ3) is 2.54. The van der Waals surface area contributed by atoms with Crippen LogP contribution in [-0.4, -0.2) is 21.0 Å². The van der Waals surface area contributed by atoms with Crippen LogP contribution in [-0.2, 0) is 6.54 Å². The molecule has 0 saturated carbocycles. The Morgan fingerprint density at radius 2 is 2.28 bits per heavy atom. The second-order valence-electron chi connectivity index (χ2n) is 3.62. The van der Waals surface area contributed by atoms with E-state index >= 15 is 0 Å². The normalized spacial score (nSPS) is 10.3. The van der Waals surface area contributed by atoms with Gasteiger partial charge in [-0.25, -0.2) is 0 Å². The number of non-ortho nitro benzene ring substituents is 1. The number of halogens is 1. The second-order valence-corrected chi connectivity index (χ2v) is 4.03. The van der Waals surface area contributed by atoms with Gasteiger partial charge < -0.3 is 0 Å². The Balaban J connectivity index is 2.24. The molecule has 0 aliphatic heterocycles. The minimum Gasteiger partial charge on any atom is -0.298 e. The molecule has 0 unspecified atom stereocenters. The Labute approximate surface area is 107 Å². The summed E-state index contributed by atoms with van der Waals surface area (Å²) in [6.45, 7) is 0.352. The number of nitrogens with zero attached hydrogens (tertiary/aromatic N) is 3. The summed E-state index contributed by atoms with van der Waals surface area (Å²) in [7, 11) is 0. The number of aromatic nitrogens is 2. The molecule has 0 N–H and O–H groups in total. The molecule has 0 bridgehead atoms. The second kappa shape index (κ2) is 4.97. The van der Waals surface area contributed by atoms with E-state index in [-0.39, 0.29) is 5.69 Å². The molecule has 0 aliphatic carbocycles. The monoisotopic (exact) mass is 265 g/mol. The molecule has 7 heteroatoms. The maximum absolute atomic E-state index is 10.6. The first kappa shape index (κ1) is 12.3. The van der Waals surface area contributed by atoms with Gasteiger partial charge in [-0.1, -0.05) is 11.6 Å². The van der Waals surface area contributed by atoms with Crippen LogP contribution in [0.25, 0.3) is 0 Å². The average molecular weight is 266 g/mol. The lowest BCUT2D eigenvalue weighted by Crippen LogP contribution is -2.01. The maximum Gasteiger partial charge on any atom is 0.270 e. The van der Waals surface area contributed by atoms with Crippen molar-refractivity contribution in [3.8, 4) is 0 Å². The van der Waals surface area contributed by atoms with E-state index in [1.165, 1.54) is 23.0 Å². The van der Waals surface area contributed by atoms with Crippen LogP contribution >= 0.6 is 11.6 Å². The van der Waals surface area contributed by atoms with Crippen molar-refractivity contribution in [3.05, 3.63) is 56.9 Å². The van der Waals surface area contributed by atoms with Crippen LogP contribution in [0.15, 0.2) is 30.6 Å². The number of carbonyl (C=O) groups is 1.